The SMILES string of the molecule is C[CH]OC(C)(C)COCC(C)C. The molecule has 0 aliphatic heterocycles. The molecule has 0 spiro atoms. The first-order valence-electron chi connectivity index (χ1n) is 4.51. The molecule has 12 heavy (non-hydrogen) atoms. The summed E-state index contributed by atoms with van der Waals surface area (Å²) >= 11 is 0. The van der Waals surface area contributed by atoms with Crippen LogP contribution in [0.5, 0.6) is 0 Å². The third-order valence-corrected chi connectivity index (χ3v) is 1.34. The van der Waals surface area contributed by atoms with E-state index in [1.807, 2.05) is 20.8 Å². The van der Waals surface area contributed by atoms with E-state index in [0.29, 0.717) is 12.5 Å². The van der Waals surface area contributed by atoms with Gasteiger partial charge in [0.25, 0.3) is 0 Å². The quantitative estimate of drug-likeness (QED) is 0.614. The molecule has 0 atom stereocenters. The molecule has 0 saturated carbocycles. The summed E-state index contributed by atoms with van der Waals surface area (Å²) in [4.78, 5) is 0. The Morgan fingerprint density at radius 2 is 1.92 bits per heavy atom. The van der Waals surface area contributed by atoms with E-state index in [1.165, 1.54) is 0 Å². The zero-order chi connectivity index (χ0) is 9.61. The molecule has 0 fully saturated rings. The molecule has 0 aliphatic rings. The molecule has 73 valence electrons. The molecule has 0 rings (SSSR count). The zero-order valence-electron chi connectivity index (χ0n) is 8.89. The minimum Gasteiger partial charge on any atom is -0.378 e. The highest BCUT2D eigenvalue weighted by Gasteiger charge is 2.17. The van der Waals surface area contributed by atoms with Gasteiger partial charge in [0.05, 0.1) is 18.8 Å². The van der Waals surface area contributed by atoms with Crippen molar-refractivity contribution >= 4 is 0 Å². The Hall–Kier alpha value is -0.0800. The second-order valence-corrected chi connectivity index (χ2v) is 4.02. The van der Waals surface area contributed by atoms with E-state index in [1.54, 1.807) is 6.61 Å². The maximum atomic E-state index is 5.47. The second kappa shape index (κ2) is 5.55. The molecule has 0 aromatic heterocycles. The van der Waals surface area contributed by atoms with Gasteiger partial charge in [-0.1, -0.05) is 13.8 Å². The summed E-state index contributed by atoms with van der Waals surface area (Å²) in [6, 6.07) is 0. The number of ether oxygens (including phenoxy) is 2. The molecular formula is C10H21O2. The van der Waals surface area contributed by atoms with Gasteiger partial charge in [0.15, 0.2) is 0 Å². The predicted octanol–water partition coefficient (Wildman–Crippen LogP) is 2.64. The van der Waals surface area contributed by atoms with Crippen LogP contribution < -0.4 is 0 Å². The van der Waals surface area contributed by atoms with Crippen molar-refractivity contribution in [2.75, 3.05) is 13.2 Å². The molecule has 0 aromatic carbocycles. The molecule has 2 nitrogen and oxygen atoms in total. The molecule has 0 heterocycles. The van der Waals surface area contributed by atoms with E-state index in [0.717, 1.165) is 6.61 Å². The lowest BCUT2D eigenvalue weighted by Crippen LogP contribution is -2.30. The first-order chi connectivity index (χ1) is 5.48. The van der Waals surface area contributed by atoms with Gasteiger partial charge in [-0.25, -0.2) is 0 Å². The highest BCUT2D eigenvalue weighted by atomic mass is 16.5. The zero-order valence-corrected chi connectivity index (χ0v) is 8.89. The Balaban J connectivity index is 3.46. The largest absolute Gasteiger partial charge is 0.378 e. The van der Waals surface area contributed by atoms with Crippen molar-refractivity contribution < 1.29 is 9.47 Å². The van der Waals surface area contributed by atoms with E-state index in [9.17, 15) is 0 Å². The summed E-state index contributed by atoms with van der Waals surface area (Å²) in [6.07, 6.45) is 0. The highest BCUT2D eigenvalue weighted by Crippen LogP contribution is 2.11. The van der Waals surface area contributed by atoms with E-state index < -0.39 is 0 Å². The fourth-order valence-electron chi connectivity index (χ4n) is 0.893. The van der Waals surface area contributed by atoms with Gasteiger partial charge >= 0.3 is 0 Å². The molecule has 1 radical (unpaired) electrons. The number of rotatable bonds is 6. The maximum Gasteiger partial charge on any atom is 0.0863 e. The van der Waals surface area contributed by atoms with Crippen molar-refractivity contribution in [3.8, 4) is 0 Å². The van der Waals surface area contributed by atoms with Crippen LogP contribution in [0.25, 0.3) is 0 Å². The normalized spacial score (nSPS) is 12.5. The monoisotopic (exact) mass is 173 g/mol. The summed E-state index contributed by atoms with van der Waals surface area (Å²) < 4.78 is 10.8. The topological polar surface area (TPSA) is 18.5 Å². The van der Waals surface area contributed by atoms with Gasteiger partial charge in [0, 0.05) is 6.61 Å². The summed E-state index contributed by atoms with van der Waals surface area (Å²) in [5.41, 5.74) is -0.191. The molecule has 2 heteroatoms. The fourth-order valence-corrected chi connectivity index (χ4v) is 0.893. The van der Waals surface area contributed by atoms with Crippen molar-refractivity contribution in [3.63, 3.8) is 0 Å². The Kier molecular flexibility index (Phi) is 5.51. The lowest BCUT2D eigenvalue weighted by atomic mass is 10.1. The molecule has 0 bridgehead atoms. The molecular weight excluding hydrogens is 152 g/mol. The van der Waals surface area contributed by atoms with Crippen molar-refractivity contribution in [3.05, 3.63) is 6.61 Å². The third-order valence-electron chi connectivity index (χ3n) is 1.34. The lowest BCUT2D eigenvalue weighted by Gasteiger charge is -2.24. The van der Waals surface area contributed by atoms with Crippen LogP contribution in [0.1, 0.15) is 34.6 Å². The molecule has 0 N–H and O–H groups in total. The van der Waals surface area contributed by atoms with Crippen LogP contribution >= 0.6 is 0 Å². The smallest absolute Gasteiger partial charge is 0.0863 e. The van der Waals surface area contributed by atoms with Crippen molar-refractivity contribution in [2.45, 2.75) is 40.2 Å². The molecule has 0 aromatic rings. The van der Waals surface area contributed by atoms with Gasteiger partial charge in [0.1, 0.15) is 0 Å². The van der Waals surface area contributed by atoms with Gasteiger partial charge in [-0.3, -0.25) is 0 Å². The highest BCUT2D eigenvalue weighted by molar-refractivity contribution is 4.68. The molecule has 0 unspecified atom stereocenters. The van der Waals surface area contributed by atoms with Crippen LogP contribution in [0.2, 0.25) is 0 Å². The van der Waals surface area contributed by atoms with Crippen LogP contribution in [-0.4, -0.2) is 18.8 Å². The van der Waals surface area contributed by atoms with Crippen LogP contribution in [0.3, 0.4) is 0 Å². The fraction of sp³-hybridized carbons (Fsp3) is 0.900. The molecule has 0 saturated heterocycles. The second-order valence-electron chi connectivity index (χ2n) is 4.02. The lowest BCUT2D eigenvalue weighted by molar-refractivity contribution is -0.0516. The van der Waals surface area contributed by atoms with Crippen molar-refractivity contribution in [1.82, 2.24) is 0 Å². The van der Waals surface area contributed by atoms with Gasteiger partial charge in [-0.2, -0.15) is 0 Å². The summed E-state index contributed by atoms with van der Waals surface area (Å²) in [7, 11) is 0. The van der Waals surface area contributed by atoms with Crippen LogP contribution in [-0.2, 0) is 9.47 Å². The van der Waals surface area contributed by atoms with E-state index in [2.05, 4.69) is 13.8 Å². The van der Waals surface area contributed by atoms with Gasteiger partial charge in [0.2, 0.25) is 0 Å². The predicted molar refractivity (Wildman–Crippen MR) is 50.8 cm³/mol. The first-order valence-corrected chi connectivity index (χ1v) is 4.51. The summed E-state index contributed by atoms with van der Waals surface area (Å²) in [6.45, 7) is 13.4. The van der Waals surface area contributed by atoms with Gasteiger partial charge in [-0.15, -0.1) is 0 Å². The number of hydrogen-bond acceptors (Lipinski definition) is 2. The van der Waals surface area contributed by atoms with Gasteiger partial charge in [-0.05, 0) is 26.7 Å². The van der Waals surface area contributed by atoms with E-state index >= 15 is 0 Å². The Morgan fingerprint density at radius 1 is 1.33 bits per heavy atom. The first kappa shape index (κ1) is 11.9. The molecule has 0 amide bonds. The van der Waals surface area contributed by atoms with Crippen LogP contribution in [0.4, 0.5) is 0 Å². The Bertz CT molecular complexity index is 108. The van der Waals surface area contributed by atoms with E-state index in [4.69, 9.17) is 9.47 Å². The minimum absolute atomic E-state index is 0.191. The summed E-state index contributed by atoms with van der Waals surface area (Å²) in [5, 5.41) is 0. The average molecular weight is 173 g/mol. The van der Waals surface area contributed by atoms with Crippen LogP contribution in [0.15, 0.2) is 0 Å². The number of hydrogen-bond donors (Lipinski definition) is 0. The average Bonchev–Trinajstić information content (AvgIpc) is 1.85. The Morgan fingerprint density at radius 3 is 2.33 bits per heavy atom. The van der Waals surface area contributed by atoms with Crippen molar-refractivity contribution in [2.24, 2.45) is 5.92 Å². The molecule has 0 aliphatic carbocycles. The van der Waals surface area contributed by atoms with Gasteiger partial charge < -0.3 is 9.47 Å². The Labute approximate surface area is 76.3 Å². The summed E-state index contributed by atoms with van der Waals surface area (Å²) in [5.74, 6) is 0.589. The van der Waals surface area contributed by atoms with Crippen molar-refractivity contribution in [1.29, 1.82) is 0 Å². The minimum atomic E-state index is -0.191. The third kappa shape index (κ3) is 6.62. The van der Waals surface area contributed by atoms with E-state index in [-0.39, 0.29) is 5.60 Å². The standard InChI is InChI=1S/C10H21O2/c1-6-12-10(4,5)8-11-7-9(2)3/h6,9H,7-8H2,1-5H3. The van der Waals surface area contributed by atoms with Crippen LogP contribution in [0, 0.1) is 12.5 Å². The maximum absolute atomic E-state index is 5.47.